The van der Waals surface area contributed by atoms with E-state index in [1.807, 2.05) is 55.6 Å². The summed E-state index contributed by atoms with van der Waals surface area (Å²) >= 11 is 5.97. The fourth-order valence-corrected chi connectivity index (χ4v) is 3.55. The van der Waals surface area contributed by atoms with Gasteiger partial charge < -0.3 is 9.74 Å². The molecular formula is C18H14ClN3O. The molecule has 0 N–H and O–H groups in total. The van der Waals surface area contributed by atoms with Crippen LogP contribution < -0.4 is 4.90 Å². The molecule has 2 aromatic rings. The first-order chi connectivity index (χ1) is 11.2. The number of fused-ring (bicyclic) bond motifs is 2. The molecule has 2 heterocycles. The highest BCUT2D eigenvalue weighted by molar-refractivity contribution is 6.30. The molecule has 0 bridgehead atoms. The third-order valence-corrected chi connectivity index (χ3v) is 4.81. The van der Waals surface area contributed by atoms with Crippen LogP contribution in [0.25, 0.3) is 0 Å². The summed E-state index contributed by atoms with van der Waals surface area (Å²) in [6, 6.07) is 17.9. The van der Waals surface area contributed by atoms with E-state index in [4.69, 9.17) is 16.4 Å². The number of nitriles is 1. The van der Waals surface area contributed by atoms with Gasteiger partial charge in [0.15, 0.2) is 0 Å². The van der Waals surface area contributed by atoms with Crippen molar-refractivity contribution >= 4 is 23.0 Å². The van der Waals surface area contributed by atoms with Crippen molar-refractivity contribution in [3.8, 4) is 6.07 Å². The van der Waals surface area contributed by atoms with E-state index in [9.17, 15) is 5.26 Å². The average molecular weight is 324 g/mol. The summed E-state index contributed by atoms with van der Waals surface area (Å²) in [6.45, 7) is 0. The third-order valence-electron chi connectivity index (χ3n) is 4.55. The van der Waals surface area contributed by atoms with Gasteiger partial charge >= 0.3 is 0 Å². The standard InChI is InChI=1S/C18H14ClN3O/c1-22-15-5-3-2-4-13(15)14(10-20)16-17(21-23-18(16)22)11-6-8-12(19)9-7-11/h2-9,14,16,18H,1H3/t14?,16-,18+/m1/s1. The highest BCUT2D eigenvalue weighted by Gasteiger charge is 2.48. The Morgan fingerprint density at radius 1 is 1.17 bits per heavy atom. The molecular weight excluding hydrogens is 310 g/mol. The van der Waals surface area contributed by atoms with Crippen LogP contribution in [0.4, 0.5) is 5.69 Å². The molecule has 2 aromatic carbocycles. The first-order valence-corrected chi connectivity index (χ1v) is 7.79. The Hall–Kier alpha value is -2.51. The summed E-state index contributed by atoms with van der Waals surface area (Å²) in [6.07, 6.45) is -0.264. The van der Waals surface area contributed by atoms with Crippen LogP contribution in [-0.2, 0) is 4.84 Å². The van der Waals surface area contributed by atoms with Crippen molar-refractivity contribution in [1.82, 2.24) is 0 Å². The van der Waals surface area contributed by atoms with Crippen molar-refractivity contribution in [1.29, 1.82) is 5.26 Å². The molecule has 0 aromatic heterocycles. The van der Waals surface area contributed by atoms with Crippen molar-refractivity contribution in [2.75, 3.05) is 11.9 Å². The smallest absolute Gasteiger partial charge is 0.210 e. The predicted molar refractivity (Wildman–Crippen MR) is 89.6 cm³/mol. The van der Waals surface area contributed by atoms with Crippen molar-refractivity contribution in [2.45, 2.75) is 12.1 Å². The van der Waals surface area contributed by atoms with E-state index in [1.54, 1.807) is 0 Å². The SMILES string of the molecule is CN1c2ccccc2C(C#N)[C@@H]2C(c3ccc(Cl)cc3)=NO[C@@H]21. The Morgan fingerprint density at radius 3 is 2.65 bits per heavy atom. The minimum Gasteiger partial charge on any atom is -0.369 e. The van der Waals surface area contributed by atoms with Crippen LogP contribution >= 0.6 is 11.6 Å². The number of benzene rings is 2. The average Bonchev–Trinajstić information content (AvgIpc) is 3.01. The van der Waals surface area contributed by atoms with Gasteiger partial charge in [0, 0.05) is 17.8 Å². The number of rotatable bonds is 1. The van der Waals surface area contributed by atoms with Crippen LogP contribution in [0.5, 0.6) is 0 Å². The summed E-state index contributed by atoms with van der Waals surface area (Å²) in [4.78, 5) is 7.74. The summed E-state index contributed by atoms with van der Waals surface area (Å²) < 4.78 is 0. The van der Waals surface area contributed by atoms with Gasteiger partial charge in [-0.15, -0.1) is 0 Å². The second-order valence-electron chi connectivity index (χ2n) is 5.78. The van der Waals surface area contributed by atoms with Gasteiger partial charge in [0.2, 0.25) is 6.23 Å². The fourth-order valence-electron chi connectivity index (χ4n) is 3.42. The molecule has 1 unspecified atom stereocenters. The van der Waals surface area contributed by atoms with Crippen molar-refractivity contribution in [3.63, 3.8) is 0 Å². The molecule has 4 nitrogen and oxygen atoms in total. The molecule has 0 spiro atoms. The van der Waals surface area contributed by atoms with Gasteiger partial charge in [-0.05, 0) is 29.3 Å². The third kappa shape index (κ3) is 2.08. The molecule has 0 saturated heterocycles. The minimum absolute atomic E-state index is 0.124. The van der Waals surface area contributed by atoms with E-state index in [0.717, 1.165) is 22.5 Å². The lowest BCUT2D eigenvalue weighted by atomic mass is 9.77. The molecule has 114 valence electrons. The van der Waals surface area contributed by atoms with E-state index >= 15 is 0 Å². The van der Waals surface area contributed by atoms with Gasteiger partial charge in [0.05, 0.1) is 23.6 Å². The van der Waals surface area contributed by atoms with Crippen LogP contribution in [0, 0.1) is 17.2 Å². The number of para-hydroxylation sites is 1. The Kier molecular flexibility index (Phi) is 3.24. The fraction of sp³-hybridized carbons (Fsp3) is 0.222. The number of halogens is 1. The zero-order valence-corrected chi connectivity index (χ0v) is 13.2. The number of anilines is 1. The largest absolute Gasteiger partial charge is 0.369 e. The Labute approximate surface area is 139 Å². The maximum absolute atomic E-state index is 9.78. The first kappa shape index (κ1) is 14.1. The van der Waals surface area contributed by atoms with Crippen LogP contribution in [0.3, 0.4) is 0 Å². The van der Waals surface area contributed by atoms with Gasteiger partial charge in [-0.1, -0.05) is 47.1 Å². The van der Waals surface area contributed by atoms with Crippen LogP contribution in [0.1, 0.15) is 17.0 Å². The number of hydrogen-bond donors (Lipinski definition) is 0. The topological polar surface area (TPSA) is 48.6 Å². The lowest BCUT2D eigenvalue weighted by Gasteiger charge is -2.38. The van der Waals surface area contributed by atoms with E-state index in [-0.39, 0.29) is 18.1 Å². The van der Waals surface area contributed by atoms with E-state index in [1.165, 1.54) is 0 Å². The summed E-state index contributed by atoms with van der Waals surface area (Å²) in [5, 5.41) is 14.7. The maximum atomic E-state index is 9.78. The zero-order chi connectivity index (χ0) is 16.0. The normalized spacial score (nSPS) is 25.0. The molecule has 3 atom stereocenters. The summed E-state index contributed by atoms with van der Waals surface area (Å²) in [5.74, 6) is -0.412. The second kappa shape index (κ2) is 5.29. The monoisotopic (exact) mass is 323 g/mol. The molecule has 0 aliphatic carbocycles. The van der Waals surface area contributed by atoms with Crippen molar-refractivity contribution in [3.05, 3.63) is 64.7 Å². The highest BCUT2D eigenvalue weighted by atomic mass is 35.5. The summed E-state index contributed by atoms with van der Waals surface area (Å²) in [7, 11) is 1.98. The van der Waals surface area contributed by atoms with Gasteiger partial charge in [-0.25, -0.2) is 0 Å². The van der Waals surface area contributed by atoms with Crippen molar-refractivity contribution < 1.29 is 4.84 Å². The molecule has 4 rings (SSSR count). The van der Waals surface area contributed by atoms with Crippen LogP contribution in [0.2, 0.25) is 5.02 Å². The van der Waals surface area contributed by atoms with E-state index in [0.29, 0.717) is 5.02 Å². The van der Waals surface area contributed by atoms with Gasteiger partial charge in [-0.3, -0.25) is 0 Å². The lowest BCUT2D eigenvalue weighted by molar-refractivity contribution is 0.0561. The molecule has 2 aliphatic heterocycles. The molecule has 2 aliphatic rings. The number of nitrogens with zero attached hydrogens (tertiary/aromatic N) is 3. The van der Waals surface area contributed by atoms with Gasteiger partial charge in [0.25, 0.3) is 0 Å². The molecule has 23 heavy (non-hydrogen) atoms. The number of oxime groups is 1. The van der Waals surface area contributed by atoms with E-state index < -0.39 is 0 Å². The minimum atomic E-state index is -0.288. The highest BCUT2D eigenvalue weighted by Crippen LogP contribution is 2.45. The lowest BCUT2D eigenvalue weighted by Crippen LogP contribution is -2.45. The van der Waals surface area contributed by atoms with Crippen LogP contribution in [-0.4, -0.2) is 19.0 Å². The van der Waals surface area contributed by atoms with Gasteiger partial charge in [0.1, 0.15) is 0 Å². The number of hydrogen-bond acceptors (Lipinski definition) is 4. The first-order valence-electron chi connectivity index (χ1n) is 7.41. The summed E-state index contributed by atoms with van der Waals surface area (Å²) in [5.41, 5.74) is 3.79. The molecule has 0 saturated carbocycles. The Bertz CT molecular complexity index is 825. The predicted octanol–water partition coefficient (Wildman–Crippen LogP) is 3.77. The van der Waals surface area contributed by atoms with Crippen LogP contribution in [0.15, 0.2) is 53.7 Å². The molecule has 0 fully saturated rings. The Morgan fingerprint density at radius 2 is 1.91 bits per heavy atom. The zero-order valence-electron chi connectivity index (χ0n) is 12.5. The molecule has 0 amide bonds. The molecule has 5 heteroatoms. The van der Waals surface area contributed by atoms with Gasteiger partial charge in [-0.2, -0.15) is 5.26 Å². The Balaban J connectivity index is 1.81. The molecule has 0 radical (unpaired) electrons. The maximum Gasteiger partial charge on any atom is 0.210 e. The van der Waals surface area contributed by atoms with E-state index in [2.05, 4.69) is 16.1 Å². The quantitative estimate of drug-likeness (QED) is 0.802. The van der Waals surface area contributed by atoms with Crippen molar-refractivity contribution in [2.24, 2.45) is 11.1 Å². The second-order valence-corrected chi connectivity index (χ2v) is 6.22.